The number of piperazine rings is 1. The zero-order valence-electron chi connectivity index (χ0n) is 17.5. The Morgan fingerprint density at radius 2 is 1.47 bits per heavy atom. The maximum absolute atomic E-state index is 13.7. The van der Waals surface area contributed by atoms with E-state index in [-0.39, 0.29) is 17.8 Å². The molecule has 1 fully saturated rings. The average Bonchev–Trinajstić information content (AvgIpc) is 2.78. The fraction of sp³-hybridized carbons (Fsp3) is 0.269. The Bertz CT molecular complexity index is 1010. The molecule has 0 radical (unpaired) electrons. The molecule has 1 aliphatic heterocycles. The zero-order chi connectivity index (χ0) is 21.1. The van der Waals surface area contributed by atoms with Gasteiger partial charge in [-0.2, -0.15) is 0 Å². The number of benzene rings is 3. The van der Waals surface area contributed by atoms with Gasteiger partial charge in [-0.15, -0.1) is 0 Å². The summed E-state index contributed by atoms with van der Waals surface area (Å²) < 4.78 is 13.7. The van der Waals surface area contributed by atoms with Crippen LogP contribution in [0.5, 0.6) is 0 Å². The van der Waals surface area contributed by atoms with E-state index in [1.807, 2.05) is 17.9 Å². The average molecular weight is 403 g/mol. The van der Waals surface area contributed by atoms with Crippen LogP contribution < -0.4 is 0 Å². The maximum atomic E-state index is 13.7. The van der Waals surface area contributed by atoms with Crippen LogP contribution >= 0.6 is 0 Å². The first-order valence-corrected chi connectivity index (χ1v) is 10.4. The van der Waals surface area contributed by atoms with Crippen molar-refractivity contribution >= 4 is 5.91 Å². The summed E-state index contributed by atoms with van der Waals surface area (Å²) in [6, 6.07) is 23.8. The Morgan fingerprint density at radius 3 is 2.13 bits per heavy atom. The number of aryl methyl sites for hydroxylation is 2. The molecule has 0 bridgehead atoms. The standard InChI is InChI=1S/C26H27FN2O/c1-19-8-11-22(12-9-19)25(21-6-4-3-5-7-21)28-14-16-29(17-15-28)26(30)24-18-23(27)13-10-20(24)2/h3-13,18,25H,14-17H2,1-2H3/t25-/m1/s1. The fourth-order valence-electron chi connectivity index (χ4n) is 4.18. The molecule has 4 rings (SSSR count). The van der Waals surface area contributed by atoms with Crippen molar-refractivity contribution < 1.29 is 9.18 Å². The van der Waals surface area contributed by atoms with E-state index in [1.165, 1.54) is 28.8 Å². The normalized spacial score (nSPS) is 15.8. The van der Waals surface area contributed by atoms with Crippen LogP contribution in [0.1, 0.15) is 38.7 Å². The van der Waals surface area contributed by atoms with Gasteiger partial charge >= 0.3 is 0 Å². The predicted octanol–water partition coefficient (Wildman–Crippen LogP) is 4.99. The van der Waals surface area contributed by atoms with Crippen LogP contribution in [0, 0.1) is 19.7 Å². The van der Waals surface area contributed by atoms with Gasteiger partial charge in [0, 0.05) is 31.7 Å². The largest absolute Gasteiger partial charge is 0.336 e. The lowest BCUT2D eigenvalue weighted by Crippen LogP contribution is -2.50. The van der Waals surface area contributed by atoms with E-state index in [4.69, 9.17) is 0 Å². The summed E-state index contributed by atoms with van der Waals surface area (Å²) in [6.07, 6.45) is 0. The van der Waals surface area contributed by atoms with Crippen LogP contribution in [0.25, 0.3) is 0 Å². The SMILES string of the molecule is Cc1ccc([C@@H](c2ccccc2)N2CCN(C(=O)c3cc(F)ccc3C)CC2)cc1. The van der Waals surface area contributed by atoms with Gasteiger partial charge < -0.3 is 4.90 Å². The van der Waals surface area contributed by atoms with Gasteiger partial charge in [0.15, 0.2) is 0 Å². The second kappa shape index (κ2) is 8.80. The Kier molecular flexibility index (Phi) is 5.96. The molecule has 1 heterocycles. The van der Waals surface area contributed by atoms with Crippen LogP contribution in [0.3, 0.4) is 0 Å². The molecule has 3 aromatic carbocycles. The highest BCUT2D eigenvalue weighted by molar-refractivity contribution is 5.95. The van der Waals surface area contributed by atoms with Crippen molar-refractivity contribution in [1.29, 1.82) is 0 Å². The minimum absolute atomic E-state index is 0.0850. The molecule has 0 N–H and O–H groups in total. The summed E-state index contributed by atoms with van der Waals surface area (Å²) in [5.41, 5.74) is 5.02. The molecule has 0 aromatic heterocycles. The minimum Gasteiger partial charge on any atom is -0.336 e. The first kappa shape index (κ1) is 20.3. The van der Waals surface area contributed by atoms with Gasteiger partial charge in [0.1, 0.15) is 5.82 Å². The molecule has 1 amide bonds. The van der Waals surface area contributed by atoms with E-state index < -0.39 is 0 Å². The molecule has 3 aromatic rings. The summed E-state index contributed by atoms with van der Waals surface area (Å²) in [5.74, 6) is -0.454. The van der Waals surface area contributed by atoms with E-state index in [0.717, 1.165) is 18.7 Å². The molecule has 1 aliphatic rings. The van der Waals surface area contributed by atoms with E-state index in [0.29, 0.717) is 18.7 Å². The maximum Gasteiger partial charge on any atom is 0.254 e. The lowest BCUT2D eigenvalue weighted by atomic mass is 9.95. The van der Waals surface area contributed by atoms with Crippen LogP contribution in [0.2, 0.25) is 0 Å². The molecule has 4 heteroatoms. The molecule has 1 atom stereocenters. The van der Waals surface area contributed by atoms with E-state index >= 15 is 0 Å². The molecule has 0 aliphatic carbocycles. The van der Waals surface area contributed by atoms with Crippen LogP contribution in [0.4, 0.5) is 4.39 Å². The number of amides is 1. The number of rotatable bonds is 4. The van der Waals surface area contributed by atoms with Gasteiger partial charge in [-0.1, -0.05) is 66.2 Å². The van der Waals surface area contributed by atoms with Crippen molar-refractivity contribution in [3.05, 3.63) is 106 Å². The topological polar surface area (TPSA) is 23.6 Å². The third-order valence-electron chi connectivity index (χ3n) is 5.91. The smallest absolute Gasteiger partial charge is 0.254 e. The first-order chi connectivity index (χ1) is 14.5. The first-order valence-electron chi connectivity index (χ1n) is 10.4. The summed E-state index contributed by atoms with van der Waals surface area (Å²) in [6.45, 7) is 6.75. The van der Waals surface area contributed by atoms with Crippen molar-refractivity contribution in [2.24, 2.45) is 0 Å². The van der Waals surface area contributed by atoms with Crippen molar-refractivity contribution in [3.63, 3.8) is 0 Å². The fourth-order valence-corrected chi connectivity index (χ4v) is 4.18. The quantitative estimate of drug-likeness (QED) is 0.614. The molecular weight excluding hydrogens is 375 g/mol. The van der Waals surface area contributed by atoms with E-state index in [9.17, 15) is 9.18 Å². The molecule has 30 heavy (non-hydrogen) atoms. The highest BCUT2D eigenvalue weighted by atomic mass is 19.1. The summed E-state index contributed by atoms with van der Waals surface area (Å²) in [5, 5.41) is 0. The molecule has 0 saturated carbocycles. The monoisotopic (exact) mass is 402 g/mol. The summed E-state index contributed by atoms with van der Waals surface area (Å²) in [7, 11) is 0. The molecule has 0 unspecified atom stereocenters. The molecule has 154 valence electrons. The van der Waals surface area contributed by atoms with Crippen molar-refractivity contribution in [1.82, 2.24) is 9.80 Å². The number of nitrogens with zero attached hydrogens (tertiary/aromatic N) is 2. The molecular formula is C26H27FN2O. The van der Waals surface area contributed by atoms with Gasteiger partial charge in [-0.05, 0) is 42.7 Å². The Balaban J connectivity index is 1.53. The van der Waals surface area contributed by atoms with E-state index in [1.54, 1.807) is 6.07 Å². The van der Waals surface area contributed by atoms with Gasteiger partial charge in [0.25, 0.3) is 5.91 Å². The number of carbonyl (C=O) groups is 1. The van der Waals surface area contributed by atoms with Crippen molar-refractivity contribution in [2.45, 2.75) is 19.9 Å². The van der Waals surface area contributed by atoms with Gasteiger partial charge in [0.05, 0.1) is 6.04 Å². The second-order valence-corrected chi connectivity index (χ2v) is 8.01. The van der Waals surface area contributed by atoms with Crippen molar-refractivity contribution in [2.75, 3.05) is 26.2 Å². The van der Waals surface area contributed by atoms with Gasteiger partial charge in [-0.25, -0.2) is 4.39 Å². The van der Waals surface area contributed by atoms with Crippen LogP contribution in [0.15, 0.2) is 72.8 Å². The summed E-state index contributed by atoms with van der Waals surface area (Å²) in [4.78, 5) is 17.2. The van der Waals surface area contributed by atoms with Crippen molar-refractivity contribution in [3.8, 4) is 0 Å². The third-order valence-corrected chi connectivity index (χ3v) is 5.91. The second-order valence-electron chi connectivity index (χ2n) is 8.01. The highest BCUT2D eigenvalue weighted by Gasteiger charge is 2.29. The minimum atomic E-state index is -0.369. The Morgan fingerprint density at radius 1 is 0.833 bits per heavy atom. The lowest BCUT2D eigenvalue weighted by Gasteiger charge is -2.40. The molecule has 3 nitrogen and oxygen atoms in total. The highest BCUT2D eigenvalue weighted by Crippen LogP contribution is 2.30. The molecule has 1 saturated heterocycles. The molecule has 0 spiro atoms. The van der Waals surface area contributed by atoms with Crippen LogP contribution in [-0.4, -0.2) is 41.9 Å². The lowest BCUT2D eigenvalue weighted by molar-refractivity contribution is 0.0596. The summed E-state index contributed by atoms with van der Waals surface area (Å²) >= 11 is 0. The zero-order valence-corrected chi connectivity index (χ0v) is 17.5. The number of halogens is 1. The van der Waals surface area contributed by atoms with E-state index in [2.05, 4.69) is 60.4 Å². The van der Waals surface area contributed by atoms with Gasteiger partial charge in [-0.3, -0.25) is 9.69 Å². The third kappa shape index (κ3) is 4.29. The number of hydrogen-bond acceptors (Lipinski definition) is 2. The number of carbonyl (C=O) groups excluding carboxylic acids is 1. The Labute approximate surface area is 177 Å². The van der Waals surface area contributed by atoms with Gasteiger partial charge in [0.2, 0.25) is 0 Å². The Hall–Kier alpha value is -2.98. The predicted molar refractivity (Wildman–Crippen MR) is 118 cm³/mol. The van der Waals surface area contributed by atoms with Crippen LogP contribution in [-0.2, 0) is 0 Å². The number of hydrogen-bond donors (Lipinski definition) is 0.